The van der Waals surface area contributed by atoms with Crippen LogP contribution >= 0.6 is 11.8 Å². The Hall–Kier alpha value is -1.69. The Morgan fingerprint density at radius 1 is 1.03 bits per heavy atom. The fourth-order valence-corrected chi connectivity index (χ4v) is 5.33. The van der Waals surface area contributed by atoms with Gasteiger partial charge in [-0.2, -0.15) is 16.7 Å². The molecule has 0 fully saturated rings. The monoisotopic (exact) mass is 488 g/mol. The molecule has 0 saturated heterocycles. The van der Waals surface area contributed by atoms with Crippen molar-refractivity contribution in [2.75, 3.05) is 16.8 Å². The zero-order valence-corrected chi connectivity index (χ0v) is 23.0. The lowest BCUT2D eigenvalue weighted by Crippen LogP contribution is -2.15. The molecule has 6 heteroatoms. The molecule has 2 aromatic heterocycles. The van der Waals surface area contributed by atoms with E-state index in [0.717, 1.165) is 40.9 Å². The van der Waals surface area contributed by atoms with Gasteiger partial charge in [-0.15, -0.1) is 0 Å². The lowest BCUT2D eigenvalue weighted by molar-refractivity contribution is 0.389. The Kier molecular flexibility index (Phi) is 14.2. The fourth-order valence-electron chi connectivity index (χ4n) is 4.32. The van der Waals surface area contributed by atoms with E-state index >= 15 is 0 Å². The van der Waals surface area contributed by atoms with Crippen LogP contribution in [0, 0.1) is 17.8 Å². The number of aromatic amines is 1. The maximum absolute atomic E-state index is 5.08. The van der Waals surface area contributed by atoms with Crippen molar-refractivity contribution >= 4 is 17.6 Å². The number of aromatic nitrogens is 3. The van der Waals surface area contributed by atoms with Gasteiger partial charge in [0.25, 0.3) is 0 Å². The van der Waals surface area contributed by atoms with Crippen molar-refractivity contribution in [2.45, 2.75) is 98.4 Å². The molecule has 3 unspecified atom stereocenters. The number of rotatable bonds is 19. The normalized spacial score (nSPS) is 14.9. The van der Waals surface area contributed by atoms with Crippen molar-refractivity contribution in [1.29, 1.82) is 0 Å². The van der Waals surface area contributed by atoms with Crippen molar-refractivity contribution < 1.29 is 4.42 Å². The van der Waals surface area contributed by atoms with Gasteiger partial charge in [0, 0.05) is 23.9 Å². The first-order valence-corrected chi connectivity index (χ1v) is 14.5. The number of nitrogens with one attached hydrogen (secondary N) is 2. The summed E-state index contributed by atoms with van der Waals surface area (Å²) in [5.41, 5.74) is 1.51. The molecule has 0 spiro atoms. The first-order valence-electron chi connectivity index (χ1n) is 13.3. The van der Waals surface area contributed by atoms with Crippen LogP contribution in [-0.4, -0.2) is 26.5 Å². The summed E-state index contributed by atoms with van der Waals surface area (Å²) in [6.45, 7) is 11.8. The number of allylic oxidation sites excluding steroid dienone is 1. The van der Waals surface area contributed by atoms with Crippen LogP contribution in [0.5, 0.6) is 0 Å². The Bertz CT molecular complexity index is 757. The Morgan fingerprint density at radius 3 is 2.35 bits per heavy atom. The second-order valence-corrected chi connectivity index (χ2v) is 11.6. The van der Waals surface area contributed by atoms with Gasteiger partial charge in [-0.3, -0.25) is 0 Å². The zero-order chi connectivity index (χ0) is 24.6. The highest BCUT2D eigenvalue weighted by atomic mass is 32.2. The second-order valence-electron chi connectivity index (χ2n) is 10.5. The maximum Gasteiger partial charge on any atom is 0.182 e. The SMILES string of the molecule is CC(=CCSCC(Nc1cocn1)c1ncc[nH]1)CCCC(C)CCCC(C)CCCC(C)C. The third-order valence-electron chi connectivity index (χ3n) is 6.58. The van der Waals surface area contributed by atoms with Crippen LogP contribution in [0.25, 0.3) is 0 Å². The average Bonchev–Trinajstić information content (AvgIpc) is 3.50. The molecule has 2 heterocycles. The standard InChI is InChI=1S/C28H48N4OS/c1-22(2)9-6-10-23(3)11-7-12-24(4)13-8-14-25(5)15-18-34-20-26(28-29-16-17-30-28)32-27-19-33-21-31-27/h15-17,19,21-24,26,32H,6-14,18,20H2,1-5H3,(H,29,30). The van der Waals surface area contributed by atoms with Crippen molar-refractivity contribution in [1.82, 2.24) is 15.0 Å². The van der Waals surface area contributed by atoms with Crippen LogP contribution < -0.4 is 5.32 Å². The van der Waals surface area contributed by atoms with Crippen LogP contribution in [0.1, 0.15) is 104 Å². The summed E-state index contributed by atoms with van der Waals surface area (Å²) in [6, 6.07) is 0.0811. The Balaban J connectivity index is 1.56. The minimum atomic E-state index is 0.0811. The lowest BCUT2D eigenvalue weighted by Gasteiger charge is -2.15. The highest BCUT2D eigenvalue weighted by molar-refractivity contribution is 7.99. The summed E-state index contributed by atoms with van der Waals surface area (Å²) in [6.07, 6.45) is 21.4. The van der Waals surface area contributed by atoms with Crippen molar-refractivity contribution in [2.24, 2.45) is 17.8 Å². The van der Waals surface area contributed by atoms with Crippen LogP contribution in [0.4, 0.5) is 5.82 Å². The summed E-state index contributed by atoms with van der Waals surface area (Å²) in [5, 5.41) is 3.39. The molecule has 34 heavy (non-hydrogen) atoms. The molecule has 3 atom stereocenters. The molecule has 192 valence electrons. The number of anilines is 1. The van der Waals surface area contributed by atoms with E-state index in [1.54, 1.807) is 12.5 Å². The summed E-state index contributed by atoms with van der Waals surface area (Å²) < 4.78 is 5.08. The van der Waals surface area contributed by atoms with E-state index in [1.165, 1.54) is 69.8 Å². The molecular formula is C28H48N4OS. The predicted molar refractivity (Wildman–Crippen MR) is 147 cm³/mol. The number of hydrogen-bond donors (Lipinski definition) is 2. The van der Waals surface area contributed by atoms with Gasteiger partial charge in [0.15, 0.2) is 12.2 Å². The largest absolute Gasteiger partial charge is 0.449 e. The molecule has 2 rings (SSSR count). The molecule has 0 aliphatic heterocycles. The van der Waals surface area contributed by atoms with Gasteiger partial charge in [0.2, 0.25) is 0 Å². The molecule has 0 aliphatic rings. The number of H-pyrrole nitrogens is 1. The summed E-state index contributed by atoms with van der Waals surface area (Å²) in [7, 11) is 0. The van der Waals surface area contributed by atoms with E-state index in [9.17, 15) is 0 Å². The van der Waals surface area contributed by atoms with Crippen LogP contribution in [0.15, 0.2) is 41.1 Å². The van der Waals surface area contributed by atoms with Crippen LogP contribution in [0.2, 0.25) is 0 Å². The van der Waals surface area contributed by atoms with E-state index in [1.807, 2.05) is 18.0 Å². The molecule has 2 N–H and O–H groups in total. The van der Waals surface area contributed by atoms with E-state index in [4.69, 9.17) is 4.42 Å². The second kappa shape index (κ2) is 16.9. The maximum atomic E-state index is 5.08. The van der Waals surface area contributed by atoms with E-state index in [0.29, 0.717) is 0 Å². The molecule has 0 bridgehead atoms. The minimum absolute atomic E-state index is 0.0811. The molecule has 0 aliphatic carbocycles. The number of imidazole rings is 1. The highest BCUT2D eigenvalue weighted by Gasteiger charge is 2.15. The first kappa shape index (κ1) is 28.5. The van der Waals surface area contributed by atoms with Crippen molar-refractivity contribution in [3.8, 4) is 0 Å². The smallest absolute Gasteiger partial charge is 0.182 e. The Morgan fingerprint density at radius 2 is 1.74 bits per heavy atom. The molecule has 5 nitrogen and oxygen atoms in total. The lowest BCUT2D eigenvalue weighted by atomic mass is 9.91. The quantitative estimate of drug-likeness (QED) is 0.153. The molecule has 0 amide bonds. The zero-order valence-electron chi connectivity index (χ0n) is 22.2. The first-order chi connectivity index (χ1) is 16.4. The van der Waals surface area contributed by atoms with Crippen LogP contribution in [0.3, 0.4) is 0 Å². The summed E-state index contributed by atoms with van der Waals surface area (Å²) in [4.78, 5) is 11.8. The number of nitrogens with zero attached hydrogens (tertiary/aromatic N) is 2. The predicted octanol–water partition coefficient (Wildman–Crippen LogP) is 8.67. The van der Waals surface area contributed by atoms with Gasteiger partial charge in [-0.1, -0.05) is 84.3 Å². The summed E-state index contributed by atoms with van der Waals surface area (Å²) >= 11 is 1.91. The topological polar surface area (TPSA) is 66.7 Å². The number of oxazole rings is 1. The average molecular weight is 489 g/mol. The van der Waals surface area contributed by atoms with Gasteiger partial charge in [0.1, 0.15) is 12.1 Å². The van der Waals surface area contributed by atoms with Crippen molar-refractivity contribution in [3.05, 3.63) is 42.5 Å². The molecule has 0 radical (unpaired) electrons. The van der Waals surface area contributed by atoms with Gasteiger partial charge >= 0.3 is 0 Å². The molecule has 2 aromatic rings. The van der Waals surface area contributed by atoms with Gasteiger partial charge in [0.05, 0.1) is 6.04 Å². The third-order valence-corrected chi connectivity index (χ3v) is 7.55. The summed E-state index contributed by atoms with van der Waals surface area (Å²) in [5.74, 6) is 6.20. The molecule has 0 saturated carbocycles. The van der Waals surface area contributed by atoms with Crippen molar-refractivity contribution in [3.63, 3.8) is 0 Å². The van der Waals surface area contributed by atoms with Gasteiger partial charge in [-0.05, 0) is 37.5 Å². The fraction of sp³-hybridized carbons (Fsp3) is 0.714. The minimum Gasteiger partial charge on any atom is -0.449 e. The number of hydrogen-bond acceptors (Lipinski definition) is 5. The van der Waals surface area contributed by atoms with Crippen LogP contribution in [-0.2, 0) is 0 Å². The van der Waals surface area contributed by atoms with Gasteiger partial charge < -0.3 is 14.7 Å². The van der Waals surface area contributed by atoms with Gasteiger partial charge in [-0.25, -0.2) is 4.98 Å². The molecular weight excluding hydrogens is 440 g/mol. The van der Waals surface area contributed by atoms with E-state index < -0.39 is 0 Å². The molecule has 0 aromatic carbocycles. The third kappa shape index (κ3) is 12.7. The Labute approximate surface area is 212 Å². The number of thioether (sulfide) groups is 1. The van der Waals surface area contributed by atoms with E-state index in [-0.39, 0.29) is 6.04 Å². The highest BCUT2D eigenvalue weighted by Crippen LogP contribution is 2.23. The van der Waals surface area contributed by atoms with E-state index in [2.05, 4.69) is 61.0 Å².